The first kappa shape index (κ1) is 41.1. The fourth-order valence-electron chi connectivity index (χ4n) is 9.70. The molecule has 4 bridgehead atoms. The molecule has 5 atom stereocenters. The van der Waals surface area contributed by atoms with Gasteiger partial charge in [0, 0.05) is 41.5 Å². The molecule has 1 saturated heterocycles. The second-order valence-electron chi connectivity index (χ2n) is 17.6. The minimum atomic E-state index is -1.62. The molecule has 5 unspecified atom stereocenters. The number of allylic oxidation sites excluding steroid dienone is 5. The Balaban J connectivity index is 1.27. The van der Waals surface area contributed by atoms with Crippen LogP contribution in [0.4, 0.5) is 0 Å². The molecule has 2 fully saturated rings. The van der Waals surface area contributed by atoms with Crippen LogP contribution in [0.3, 0.4) is 0 Å². The molecular weight excluding hydrogens is 735 g/mol. The van der Waals surface area contributed by atoms with Crippen LogP contribution in [-0.4, -0.2) is 65.7 Å². The van der Waals surface area contributed by atoms with Gasteiger partial charge in [0.1, 0.15) is 39.9 Å². The molecule has 2 N–H and O–H groups in total. The van der Waals surface area contributed by atoms with Crippen molar-refractivity contribution in [3.8, 4) is 28.7 Å². The quantitative estimate of drug-likeness (QED) is 0.152. The maximum Gasteiger partial charge on any atom is 0.246 e. The fourth-order valence-corrected chi connectivity index (χ4v) is 9.70. The summed E-state index contributed by atoms with van der Waals surface area (Å²) in [5, 5.41) is 15.0. The van der Waals surface area contributed by atoms with Crippen LogP contribution in [0, 0.1) is 11.8 Å². The zero-order valence-electron chi connectivity index (χ0n) is 35.5. The predicted molar refractivity (Wildman–Crippen MR) is 223 cm³/mol. The van der Waals surface area contributed by atoms with Gasteiger partial charge in [-0.3, -0.25) is 14.4 Å². The number of hydrogen-bond acceptors (Lipinski definition) is 9. The van der Waals surface area contributed by atoms with Gasteiger partial charge in [0.2, 0.25) is 5.91 Å². The molecule has 1 spiro atoms. The van der Waals surface area contributed by atoms with Crippen molar-refractivity contribution in [2.24, 2.45) is 11.8 Å². The average Bonchev–Trinajstić information content (AvgIpc) is 3.33. The van der Waals surface area contributed by atoms with Crippen LogP contribution in [-0.2, 0) is 27.2 Å². The van der Waals surface area contributed by atoms with Crippen molar-refractivity contribution in [1.82, 2.24) is 5.32 Å². The number of phenols is 1. The molecule has 308 valence electrons. The van der Waals surface area contributed by atoms with Crippen LogP contribution < -0.4 is 24.3 Å². The van der Waals surface area contributed by atoms with Crippen molar-refractivity contribution in [2.75, 3.05) is 20.8 Å². The Morgan fingerprint density at radius 1 is 0.983 bits per heavy atom. The topological polar surface area (TPSA) is 130 Å². The molecule has 10 heteroatoms. The highest BCUT2D eigenvalue weighted by molar-refractivity contribution is 6.19. The van der Waals surface area contributed by atoms with E-state index in [1.165, 1.54) is 5.57 Å². The lowest BCUT2D eigenvalue weighted by Crippen LogP contribution is -2.72. The molecule has 3 aliphatic heterocycles. The smallest absolute Gasteiger partial charge is 0.246 e. The van der Waals surface area contributed by atoms with Gasteiger partial charge in [0.15, 0.2) is 22.8 Å². The van der Waals surface area contributed by atoms with Gasteiger partial charge in [-0.25, -0.2) is 0 Å². The number of ketones is 2. The number of rotatable bonds is 13. The van der Waals surface area contributed by atoms with Crippen LogP contribution in [0.5, 0.6) is 28.7 Å². The van der Waals surface area contributed by atoms with Gasteiger partial charge in [0.05, 0.1) is 25.4 Å². The summed E-state index contributed by atoms with van der Waals surface area (Å²) in [5.74, 6) is 0.0320. The molecule has 3 aliphatic carbocycles. The fraction of sp³-hybridized carbons (Fsp3) is 0.479. The van der Waals surface area contributed by atoms with Gasteiger partial charge < -0.3 is 34.1 Å². The third kappa shape index (κ3) is 6.57. The lowest BCUT2D eigenvalue weighted by Gasteiger charge is -2.56. The molecule has 0 radical (unpaired) electrons. The molecule has 1 amide bonds. The monoisotopic (exact) mass is 791 g/mol. The van der Waals surface area contributed by atoms with E-state index in [1.54, 1.807) is 33.3 Å². The SMILES string of the molecule is COc1ccc(OC)c(CCNC(=O)C(C)=CCC23OC(C)(C)C4CC(C=C5C(=O)c6c(O)c7c(c(CC=C(C)C)c6OC542)OC(C)(CCC=C(C)C)C=C7)C3=O)c1. The number of benzene rings is 2. The zero-order chi connectivity index (χ0) is 41.9. The number of hydrogen-bond donors (Lipinski definition) is 2. The predicted octanol–water partition coefficient (Wildman–Crippen LogP) is 8.53. The van der Waals surface area contributed by atoms with Crippen LogP contribution in [0.1, 0.15) is 108 Å². The Bertz CT molecular complexity index is 2230. The number of ether oxygens (including phenoxy) is 5. The van der Waals surface area contributed by atoms with Crippen molar-refractivity contribution in [3.05, 3.63) is 93.1 Å². The molecular formula is C48H57NO9. The lowest BCUT2D eigenvalue weighted by atomic mass is 9.51. The Kier molecular flexibility index (Phi) is 10.6. The summed E-state index contributed by atoms with van der Waals surface area (Å²) >= 11 is 0. The maximum atomic E-state index is 15.1. The number of Topliss-reactive ketones (excluding diaryl/α,β-unsaturated/α-hetero) is 2. The number of methoxy groups -OCH3 is 2. The summed E-state index contributed by atoms with van der Waals surface area (Å²) in [6.45, 7) is 16.1. The average molecular weight is 792 g/mol. The third-order valence-corrected chi connectivity index (χ3v) is 12.7. The first-order valence-corrected chi connectivity index (χ1v) is 20.3. The zero-order valence-corrected chi connectivity index (χ0v) is 35.5. The van der Waals surface area contributed by atoms with Crippen molar-refractivity contribution < 1.29 is 43.2 Å². The van der Waals surface area contributed by atoms with Crippen molar-refractivity contribution in [3.63, 3.8) is 0 Å². The lowest BCUT2D eigenvalue weighted by molar-refractivity contribution is -0.171. The summed E-state index contributed by atoms with van der Waals surface area (Å²) in [6.07, 6.45) is 14.3. The van der Waals surface area contributed by atoms with Crippen molar-refractivity contribution in [2.45, 2.75) is 116 Å². The number of carbonyl (C=O) groups excluding carboxylic acids is 3. The summed E-state index contributed by atoms with van der Waals surface area (Å²) < 4.78 is 32.0. The summed E-state index contributed by atoms with van der Waals surface area (Å²) in [6, 6.07) is 5.54. The third-order valence-electron chi connectivity index (χ3n) is 12.7. The van der Waals surface area contributed by atoms with Crippen molar-refractivity contribution >= 4 is 23.5 Å². The number of aromatic hydroxyl groups is 1. The van der Waals surface area contributed by atoms with Crippen molar-refractivity contribution in [1.29, 1.82) is 0 Å². The number of amides is 1. The number of nitrogens with one attached hydrogen (secondary N) is 1. The Labute approximate surface area is 342 Å². The van der Waals surface area contributed by atoms with E-state index in [1.807, 2.05) is 65.0 Å². The summed E-state index contributed by atoms with van der Waals surface area (Å²) in [7, 11) is 3.20. The van der Waals surface area contributed by atoms with Crippen LogP contribution in [0.15, 0.2) is 70.9 Å². The summed E-state index contributed by atoms with van der Waals surface area (Å²) in [5.41, 5.74) is 0.346. The van der Waals surface area contributed by atoms with Gasteiger partial charge in [0.25, 0.3) is 0 Å². The van der Waals surface area contributed by atoms with E-state index in [4.69, 9.17) is 23.7 Å². The second-order valence-corrected chi connectivity index (χ2v) is 17.6. The molecule has 2 aromatic rings. The van der Waals surface area contributed by atoms with Crippen LogP contribution >= 0.6 is 0 Å². The van der Waals surface area contributed by atoms with Crippen LogP contribution in [0.2, 0.25) is 0 Å². The van der Waals surface area contributed by atoms with E-state index in [0.29, 0.717) is 71.7 Å². The van der Waals surface area contributed by atoms with Gasteiger partial charge in [-0.1, -0.05) is 35.5 Å². The molecule has 2 aromatic carbocycles. The Morgan fingerprint density at radius 2 is 1.72 bits per heavy atom. The Morgan fingerprint density at radius 3 is 2.41 bits per heavy atom. The molecule has 1 saturated carbocycles. The minimum Gasteiger partial charge on any atom is -0.506 e. The molecule has 10 nitrogen and oxygen atoms in total. The molecule has 8 rings (SSSR count). The minimum absolute atomic E-state index is 0.00702. The highest BCUT2D eigenvalue weighted by Crippen LogP contribution is 2.68. The van der Waals surface area contributed by atoms with Gasteiger partial charge in [-0.2, -0.15) is 0 Å². The van der Waals surface area contributed by atoms with Crippen LogP contribution in [0.25, 0.3) is 6.08 Å². The molecule has 3 heterocycles. The van der Waals surface area contributed by atoms with Gasteiger partial charge in [-0.05, 0) is 123 Å². The number of phenolic OH excluding ortho intramolecular Hbond substituents is 1. The number of carbonyl (C=O) groups is 3. The first-order valence-electron chi connectivity index (χ1n) is 20.3. The highest BCUT2D eigenvalue weighted by atomic mass is 16.6. The maximum absolute atomic E-state index is 15.1. The van der Waals surface area contributed by atoms with E-state index in [9.17, 15) is 14.7 Å². The first-order chi connectivity index (χ1) is 27.4. The molecule has 0 aromatic heterocycles. The Hall–Kier alpha value is -5.09. The number of fused-ring (bicyclic) bond motifs is 2. The standard InChI is InChI=1S/C48H57NO9/c1-27(2)12-11-20-46(8)21-18-33-39(50)38-40(51)35-25-31-26-37-45(6,7)58-47(43(31)52,48(35,37)57-42(38)34(41(33)56-46)15-13-28(3)4)22-17-29(5)44(53)49-23-19-30-24-32(54-9)14-16-36(30)55-10/h12-14,16-18,21,24-25,31,37,50H,11,15,19-20,22-23,26H2,1-10H3,(H,49,53). The van der Waals surface area contributed by atoms with Gasteiger partial charge in [-0.15, -0.1) is 0 Å². The van der Waals surface area contributed by atoms with E-state index in [-0.39, 0.29) is 46.9 Å². The molecule has 58 heavy (non-hydrogen) atoms. The largest absolute Gasteiger partial charge is 0.506 e. The van der Waals surface area contributed by atoms with Gasteiger partial charge >= 0.3 is 0 Å². The van der Waals surface area contributed by atoms with E-state index >= 15 is 4.79 Å². The summed E-state index contributed by atoms with van der Waals surface area (Å²) in [4.78, 5) is 43.4. The normalized spacial score (nSPS) is 27.0. The van der Waals surface area contributed by atoms with E-state index in [0.717, 1.165) is 17.6 Å². The second kappa shape index (κ2) is 14.9. The highest BCUT2D eigenvalue weighted by Gasteiger charge is 2.81. The molecule has 6 aliphatic rings. The van der Waals surface area contributed by atoms with E-state index < -0.39 is 28.3 Å². The van der Waals surface area contributed by atoms with E-state index in [2.05, 4.69) is 31.3 Å².